The standard InChI is InChI=1S/C12H18N2O3/c1-3-17-7-6-14-11-5-4-9(8-10(11)13)12(15)16-2/h4-5,8,14H,3,6-7,13H2,1-2H3. The Morgan fingerprint density at radius 3 is 2.82 bits per heavy atom. The number of hydrogen-bond acceptors (Lipinski definition) is 5. The number of carbonyl (C=O) groups excluding carboxylic acids is 1. The van der Waals surface area contributed by atoms with Gasteiger partial charge in [-0.3, -0.25) is 0 Å². The quantitative estimate of drug-likeness (QED) is 0.446. The molecule has 0 aliphatic carbocycles. The average molecular weight is 238 g/mol. The molecule has 17 heavy (non-hydrogen) atoms. The molecule has 0 spiro atoms. The van der Waals surface area contributed by atoms with Crippen molar-refractivity contribution in [3.8, 4) is 0 Å². The number of carbonyl (C=O) groups is 1. The second-order valence-corrected chi connectivity index (χ2v) is 3.42. The smallest absolute Gasteiger partial charge is 0.337 e. The van der Waals surface area contributed by atoms with E-state index in [2.05, 4.69) is 10.1 Å². The van der Waals surface area contributed by atoms with Gasteiger partial charge in [0.05, 0.1) is 30.7 Å². The van der Waals surface area contributed by atoms with Gasteiger partial charge in [-0.1, -0.05) is 0 Å². The summed E-state index contributed by atoms with van der Waals surface area (Å²) in [5.41, 5.74) is 7.57. The summed E-state index contributed by atoms with van der Waals surface area (Å²) in [4.78, 5) is 11.3. The first-order valence-electron chi connectivity index (χ1n) is 5.48. The van der Waals surface area contributed by atoms with E-state index >= 15 is 0 Å². The van der Waals surface area contributed by atoms with Gasteiger partial charge in [-0.2, -0.15) is 0 Å². The summed E-state index contributed by atoms with van der Waals surface area (Å²) >= 11 is 0. The Labute approximate surface area is 101 Å². The Bertz CT molecular complexity index is 380. The summed E-state index contributed by atoms with van der Waals surface area (Å²) in [7, 11) is 1.34. The van der Waals surface area contributed by atoms with Crippen LogP contribution in [-0.4, -0.2) is 32.8 Å². The van der Waals surface area contributed by atoms with Crippen molar-refractivity contribution < 1.29 is 14.3 Å². The first-order chi connectivity index (χ1) is 8.19. The van der Waals surface area contributed by atoms with Crippen molar-refractivity contribution in [1.82, 2.24) is 0 Å². The zero-order valence-corrected chi connectivity index (χ0v) is 10.2. The molecule has 0 aromatic heterocycles. The van der Waals surface area contributed by atoms with E-state index in [1.807, 2.05) is 6.92 Å². The van der Waals surface area contributed by atoms with Crippen LogP contribution in [0.4, 0.5) is 11.4 Å². The van der Waals surface area contributed by atoms with Gasteiger partial charge in [0.1, 0.15) is 0 Å². The Hall–Kier alpha value is -1.75. The van der Waals surface area contributed by atoms with Gasteiger partial charge in [0, 0.05) is 13.2 Å². The molecule has 0 saturated carbocycles. The molecule has 0 radical (unpaired) electrons. The van der Waals surface area contributed by atoms with Crippen LogP contribution in [0.3, 0.4) is 0 Å². The molecule has 5 heteroatoms. The number of esters is 1. The fourth-order valence-electron chi connectivity index (χ4n) is 1.37. The minimum absolute atomic E-state index is 0.391. The van der Waals surface area contributed by atoms with E-state index in [9.17, 15) is 4.79 Å². The van der Waals surface area contributed by atoms with Crippen LogP contribution in [0, 0.1) is 0 Å². The molecule has 0 heterocycles. The molecule has 0 aliphatic heterocycles. The van der Waals surface area contributed by atoms with Gasteiger partial charge in [0.2, 0.25) is 0 Å². The third-order valence-corrected chi connectivity index (χ3v) is 2.24. The second kappa shape index (κ2) is 6.75. The van der Waals surface area contributed by atoms with Gasteiger partial charge in [-0.05, 0) is 25.1 Å². The number of ether oxygens (including phenoxy) is 2. The lowest BCUT2D eigenvalue weighted by molar-refractivity contribution is 0.0601. The van der Waals surface area contributed by atoms with E-state index in [0.717, 1.165) is 5.69 Å². The predicted octanol–water partition coefficient (Wildman–Crippen LogP) is 1.50. The van der Waals surface area contributed by atoms with Crippen molar-refractivity contribution in [2.75, 3.05) is 37.9 Å². The average Bonchev–Trinajstić information content (AvgIpc) is 2.35. The van der Waals surface area contributed by atoms with Crippen LogP contribution in [0.5, 0.6) is 0 Å². The molecule has 1 aromatic rings. The van der Waals surface area contributed by atoms with Crippen LogP contribution in [0.2, 0.25) is 0 Å². The lowest BCUT2D eigenvalue weighted by atomic mass is 10.1. The van der Waals surface area contributed by atoms with Crippen LogP contribution in [-0.2, 0) is 9.47 Å². The molecule has 0 unspecified atom stereocenters. The van der Waals surface area contributed by atoms with Crippen LogP contribution in [0.1, 0.15) is 17.3 Å². The lowest BCUT2D eigenvalue weighted by Crippen LogP contribution is -2.11. The molecular formula is C12H18N2O3. The number of anilines is 2. The number of nitrogens with two attached hydrogens (primary N) is 1. The summed E-state index contributed by atoms with van der Waals surface area (Å²) in [6, 6.07) is 5.02. The Morgan fingerprint density at radius 1 is 1.47 bits per heavy atom. The highest BCUT2D eigenvalue weighted by Crippen LogP contribution is 2.19. The van der Waals surface area contributed by atoms with Crippen molar-refractivity contribution in [3.05, 3.63) is 23.8 Å². The van der Waals surface area contributed by atoms with Gasteiger partial charge in [0.15, 0.2) is 0 Å². The van der Waals surface area contributed by atoms with E-state index in [0.29, 0.717) is 31.0 Å². The summed E-state index contributed by atoms with van der Waals surface area (Å²) in [5.74, 6) is -0.391. The van der Waals surface area contributed by atoms with E-state index in [1.54, 1.807) is 18.2 Å². The van der Waals surface area contributed by atoms with Crippen LogP contribution >= 0.6 is 0 Å². The third kappa shape index (κ3) is 3.96. The number of nitrogens with one attached hydrogen (secondary N) is 1. The molecule has 0 saturated heterocycles. The number of rotatable bonds is 6. The Morgan fingerprint density at radius 2 is 2.24 bits per heavy atom. The summed E-state index contributed by atoms with van der Waals surface area (Å²) in [5, 5.41) is 3.13. The molecule has 0 atom stereocenters. The zero-order chi connectivity index (χ0) is 12.7. The van der Waals surface area contributed by atoms with Gasteiger partial charge < -0.3 is 20.5 Å². The third-order valence-electron chi connectivity index (χ3n) is 2.24. The molecule has 94 valence electrons. The number of nitrogen functional groups attached to an aromatic ring is 1. The molecule has 0 aliphatic rings. The Kier molecular flexibility index (Phi) is 5.29. The predicted molar refractivity (Wildman–Crippen MR) is 67.2 cm³/mol. The fourth-order valence-corrected chi connectivity index (χ4v) is 1.37. The van der Waals surface area contributed by atoms with E-state index in [-0.39, 0.29) is 0 Å². The molecule has 1 aromatic carbocycles. The maximum Gasteiger partial charge on any atom is 0.337 e. The van der Waals surface area contributed by atoms with Gasteiger partial charge >= 0.3 is 5.97 Å². The topological polar surface area (TPSA) is 73.6 Å². The van der Waals surface area contributed by atoms with Crippen molar-refractivity contribution in [3.63, 3.8) is 0 Å². The normalized spacial score (nSPS) is 10.0. The van der Waals surface area contributed by atoms with Crippen LogP contribution in [0.15, 0.2) is 18.2 Å². The Balaban J connectivity index is 2.60. The van der Waals surface area contributed by atoms with Gasteiger partial charge in [0.25, 0.3) is 0 Å². The maximum absolute atomic E-state index is 11.3. The zero-order valence-electron chi connectivity index (χ0n) is 10.2. The van der Waals surface area contributed by atoms with Crippen molar-refractivity contribution in [2.45, 2.75) is 6.92 Å². The molecule has 0 amide bonds. The number of hydrogen-bond donors (Lipinski definition) is 2. The molecule has 0 bridgehead atoms. The fraction of sp³-hybridized carbons (Fsp3) is 0.417. The minimum atomic E-state index is -0.391. The van der Waals surface area contributed by atoms with Crippen molar-refractivity contribution in [1.29, 1.82) is 0 Å². The van der Waals surface area contributed by atoms with Crippen molar-refractivity contribution in [2.24, 2.45) is 0 Å². The van der Waals surface area contributed by atoms with Crippen molar-refractivity contribution >= 4 is 17.3 Å². The highest BCUT2D eigenvalue weighted by Gasteiger charge is 2.07. The number of benzene rings is 1. The van der Waals surface area contributed by atoms with E-state index in [4.69, 9.17) is 10.5 Å². The summed E-state index contributed by atoms with van der Waals surface area (Å²) in [6.45, 7) is 3.93. The molecular weight excluding hydrogens is 220 g/mol. The summed E-state index contributed by atoms with van der Waals surface area (Å²) in [6.07, 6.45) is 0. The highest BCUT2D eigenvalue weighted by molar-refractivity contribution is 5.91. The van der Waals surface area contributed by atoms with Crippen LogP contribution in [0.25, 0.3) is 0 Å². The largest absolute Gasteiger partial charge is 0.465 e. The molecule has 3 N–H and O–H groups in total. The van der Waals surface area contributed by atoms with E-state index in [1.165, 1.54) is 7.11 Å². The monoisotopic (exact) mass is 238 g/mol. The minimum Gasteiger partial charge on any atom is -0.465 e. The first-order valence-corrected chi connectivity index (χ1v) is 5.48. The number of methoxy groups -OCH3 is 1. The second-order valence-electron chi connectivity index (χ2n) is 3.42. The lowest BCUT2D eigenvalue weighted by Gasteiger charge is -2.10. The SMILES string of the molecule is CCOCCNc1ccc(C(=O)OC)cc1N. The maximum atomic E-state index is 11.3. The van der Waals surface area contributed by atoms with Crippen LogP contribution < -0.4 is 11.1 Å². The summed E-state index contributed by atoms with van der Waals surface area (Å²) < 4.78 is 9.81. The molecule has 1 rings (SSSR count). The van der Waals surface area contributed by atoms with Gasteiger partial charge in [-0.15, -0.1) is 0 Å². The van der Waals surface area contributed by atoms with Gasteiger partial charge in [-0.25, -0.2) is 4.79 Å². The van der Waals surface area contributed by atoms with E-state index < -0.39 is 5.97 Å². The first kappa shape index (κ1) is 13.3. The molecule has 5 nitrogen and oxygen atoms in total. The molecule has 0 fully saturated rings. The highest BCUT2D eigenvalue weighted by atomic mass is 16.5.